The van der Waals surface area contributed by atoms with E-state index in [1.165, 1.54) is 6.20 Å². The van der Waals surface area contributed by atoms with E-state index in [2.05, 4.69) is 26.2 Å². The maximum Gasteiger partial charge on any atom is 0.253 e. The van der Waals surface area contributed by atoms with Crippen LogP contribution in [0.2, 0.25) is 0 Å². The predicted molar refractivity (Wildman–Crippen MR) is 67.4 cm³/mol. The summed E-state index contributed by atoms with van der Waals surface area (Å²) in [5.41, 5.74) is 0.223. The van der Waals surface area contributed by atoms with Gasteiger partial charge in [0.05, 0.1) is 22.1 Å². The van der Waals surface area contributed by atoms with E-state index in [0.717, 1.165) is 20.9 Å². The number of rotatable bonds is 3. The molecule has 0 saturated carbocycles. The van der Waals surface area contributed by atoms with Crippen LogP contribution in [0.1, 0.15) is 15.2 Å². The van der Waals surface area contributed by atoms with Crippen molar-refractivity contribution in [1.82, 2.24) is 10.3 Å². The highest BCUT2D eigenvalue weighted by atomic mass is 79.9. The van der Waals surface area contributed by atoms with Crippen molar-refractivity contribution in [1.29, 1.82) is 0 Å². The molecule has 0 aliphatic rings. The van der Waals surface area contributed by atoms with Crippen LogP contribution in [0, 0.1) is 5.82 Å². The van der Waals surface area contributed by atoms with Gasteiger partial charge in [-0.25, -0.2) is 4.39 Å². The van der Waals surface area contributed by atoms with Gasteiger partial charge in [-0.05, 0) is 34.1 Å². The fourth-order valence-corrected chi connectivity index (χ4v) is 2.68. The molecule has 0 aliphatic carbocycles. The van der Waals surface area contributed by atoms with Crippen LogP contribution in [0.5, 0.6) is 0 Å². The highest BCUT2D eigenvalue weighted by Crippen LogP contribution is 2.21. The Labute approximate surface area is 110 Å². The Bertz CT molecular complexity index is 544. The molecular formula is C11H8BrFN2OS. The molecule has 3 nitrogen and oxygen atoms in total. The topological polar surface area (TPSA) is 42.0 Å². The third kappa shape index (κ3) is 3.34. The van der Waals surface area contributed by atoms with Crippen molar-refractivity contribution in [3.8, 4) is 0 Å². The first-order valence-corrected chi connectivity index (χ1v) is 6.39. The van der Waals surface area contributed by atoms with Crippen LogP contribution in [0.3, 0.4) is 0 Å². The summed E-state index contributed by atoms with van der Waals surface area (Å²) in [4.78, 5) is 16.3. The lowest BCUT2D eigenvalue weighted by Gasteiger charge is -2.02. The van der Waals surface area contributed by atoms with Gasteiger partial charge >= 0.3 is 0 Å². The first-order chi connectivity index (χ1) is 8.15. The zero-order valence-corrected chi connectivity index (χ0v) is 11.0. The summed E-state index contributed by atoms with van der Waals surface area (Å²) in [6, 6.07) is 4.99. The monoisotopic (exact) mass is 314 g/mol. The molecule has 88 valence electrons. The normalized spacial score (nSPS) is 10.2. The molecule has 0 saturated heterocycles. The smallest absolute Gasteiger partial charge is 0.253 e. The molecule has 2 aromatic heterocycles. The van der Waals surface area contributed by atoms with Crippen molar-refractivity contribution >= 4 is 33.2 Å². The molecule has 1 amide bonds. The van der Waals surface area contributed by atoms with Gasteiger partial charge in [0.2, 0.25) is 0 Å². The number of hydrogen-bond donors (Lipinski definition) is 1. The van der Waals surface area contributed by atoms with Gasteiger partial charge in [-0.1, -0.05) is 0 Å². The van der Waals surface area contributed by atoms with E-state index < -0.39 is 5.82 Å². The number of nitrogens with one attached hydrogen (secondary N) is 1. The van der Waals surface area contributed by atoms with Crippen LogP contribution < -0.4 is 5.32 Å². The van der Waals surface area contributed by atoms with Crippen molar-refractivity contribution in [3.63, 3.8) is 0 Å². The molecule has 0 bridgehead atoms. The Balaban J connectivity index is 1.98. The van der Waals surface area contributed by atoms with Gasteiger partial charge in [-0.3, -0.25) is 9.78 Å². The van der Waals surface area contributed by atoms with Crippen LogP contribution in [0.4, 0.5) is 4.39 Å². The molecule has 0 spiro atoms. The summed E-state index contributed by atoms with van der Waals surface area (Å²) >= 11 is 4.88. The van der Waals surface area contributed by atoms with Crippen molar-refractivity contribution in [2.45, 2.75) is 6.54 Å². The minimum Gasteiger partial charge on any atom is -0.347 e. The number of amides is 1. The largest absolute Gasteiger partial charge is 0.347 e. The summed E-state index contributed by atoms with van der Waals surface area (Å²) in [7, 11) is 0. The minimum absolute atomic E-state index is 0.223. The van der Waals surface area contributed by atoms with Crippen LogP contribution in [0.15, 0.2) is 34.4 Å². The maximum absolute atomic E-state index is 12.8. The molecule has 2 aromatic rings. The van der Waals surface area contributed by atoms with Gasteiger partial charge in [0.25, 0.3) is 5.91 Å². The summed E-state index contributed by atoms with van der Waals surface area (Å²) in [5.74, 6) is -0.849. The zero-order chi connectivity index (χ0) is 12.3. The second kappa shape index (κ2) is 5.37. The van der Waals surface area contributed by atoms with Gasteiger partial charge < -0.3 is 5.32 Å². The van der Waals surface area contributed by atoms with E-state index >= 15 is 0 Å². The van der Waals surface area contributed by atoms with Crippen molar-refractivity contribution in [3.05, 3.63) is 50.6 Å². The van der Waals surface area contributed by atoms with E-state index in [-0.39, 0.29) is 11.5 Å². The van der Waals surface area contributed by atoms with Crippen molar-refractivity contribution in [2.75, 3.05) is 0 Å². The van der Waals surface area contributed by atoms with E-state index in [1.807, 2.05) is 12.1 Å². The molecule has 2 heterocycles. The Kier molecular flexibility index (Phi) is 3.86. The molecule has 2 rings (SSSR count). The summed E-state index contributed by atoms with van der Waals surface area (Å²) in [5, 5.41) is 2.70. The van der Waals surface area contributed by atoms with Crippen molar-refractivity contribution < 1.29 is 9.18 Å². The Morgan fingerprint density at radius 1 is 1.47 bits per heavy atom. The lowest BCUT2D eigenvalue weighted by atomic mass is 10.2. The predicted octanol–water partition coefficient (Wildman–Crippen LogP) is 2.97. The second-order valence-corrected chi connectivity index (χ2v) is 5.83. The molecule has 1 N–H and O–H groups in total. The number of thiophene rings is 1. The number of carbonyl (C=O) groups excluding carboxylic acids is 1. The molecule has 0 aromatic carbocycles. The number of hydrogen-bond acceptors (Lipinski definition) is 3. The standard InChI is InChI=1S/C11H8BrFN2OS/c12-10-2-1-9(17-10)6-15-11(16)7-3-8(13)5-14-4-7/h1-5H,6H2,(H,15,16). The van der Waals surface area contributed by atoms with Gasteiger partial charge in [0, 0.05) is 11.1 Å². The summed E-state index contributed by atoms with van der Waals surface area (Å²) < 4.78 is 13.9. The van der Waals surface area contributed by atoms with E-state index in [4.69, 9.17) is 0 Å². The Morgan fingerprint density at radius 2 is 2.29 bits per heavy atom. The van der Waals surface area contributed by atoms with Gasteiger partial charge in [-0.15, -0.1) is 11.3 Å². The van der Waals surface area contributed by atoms with Crippen LogP contribution in [-0.2, 0) is 6.54 Å². The average molecular weight is 315 g/mol. The first-order valence-electron chi connectivity index (χ1n) is 4.78. The fourth-order valence-electron chi connectivity index (χ4n) is 1.25. The molecule has 6 heteroatoms. The summed E-state index contributed by atoms with van der Waals surface area (Å²) in [6.07, 6.45) is 2.40. The van der Waals surface area contributed by atoms with Gasteiger partial charge in [-0.2, -0.15) is 0 Å². The SMILES string of the molecule is O=C(NCc1ccc(Br)s1)c1cncc(F)c1. The third-order valence-corrected chi connectivity index (χ3v) is 3.64. The lowest BCUT2D eigenvalue weighted by molar-refractivity contribution is 0.0950. The number of carbonyl (C=O) groups is 1. The van der Waals surface area contributed by atoms with Crippen LogP contribution in [0.25, 0.3) is 0 Å². The Hall–Kier alpha value is -1.27. The molecule has 0 aliphatic heterocycles. The van der Waals surface area contributed by atoms with Crippen molar-refractivity contribution in [2.24, 2.45) is 0 Å². The second-order valence-electron chi connectivity index (χ2n) is 3.28. The molecular weight excluding hydrogens is 307 g/mol. The number of aromatic nitrogens is 1. The molecule has 0 unspecified atom stereocenters. The fraction of sp³-hybridized carbons (Fsp3) is 0.0909. The molecule has 0 fully saturated rings. The number of nitrogens with zero attached hydrogens (tertiary/aromatic N) is 1. The van der Waals surface area contributed by atoms with Crippen LogP contribution in [-0.4, -0.2) is 10.9 Å². The van der Waals surface area contributed by atoms with E-state index in [0.29, 0.717) is 6.54 Å². The molecule has 0 atom stereocenters. The van der Waals surface area contributed by atoms with Gasteiger partial charge in [0.15, 0.2) is 0 Å². The first kappa shape index (κ1) is 12.2. The quantitative estimate of drug-likeness (QED) is 0.946. The third-order valence-electron chi connectivity index (χ3n) is 2.02. The van der Waals surface area contributed by atoms with Crippen LogP contribution >= 0.6 is 27.3 Å². The van der Waals surface area contributed by atoms with Gasteiger partial charge in [0.1, 0.15) is 5.82 Å². The maximum atomic E-state index is 12.8. The summed E-state index contributed by atoms with van der Waals surface area (Å²) in [6.45, 7) is 0.422. The number of pyridine rings is 1. The minimum atomic E-state index is -0.517. The molecule has 0 radical (unpaired) electrons. The van der Waals surface area contributed by atoms with E-state index in [1.54, 1.807) is 11.3 Å². The zero-order valence-electron chi connectivity index (χ0n) is 8.61. The highest BCUT2D eigenvalue weighted by Gasteiger charge is 2.07. The highest BCUT2D eigenvalue weighted by molar-refractivity contribution is 9.11. The lowest BCUT2D eigenvalue weighted by Crippen LogP contribution is -2.22. The van der Waals surface area contributed by atoms with E-state index in [9.17, 15) is 9.18 Å². The average Bonchev–Trinajstić information content (AvgIpc) is 2.72. The number of halogens is 2. The Morgan fingerprint density at radius 3 is 2.94 bits per heavy atom. The molecule has 17 heavy (non-hydrogen) atoms.